The van der Waals surface area contributed by atoms with Gasteiger partial charge in [-0.15, -0.1) is 0 Å². The first kappa shape index (κ1) is 19.2. The third-order valence-electron chi connectivity index (χ3n) is 4.03. The Bertz CT molecular complexity index is 875. The molecule has 1 heterocycles. The lowest BCUT2D eigenvalue weighted by atomic mass is 10.1. The van der Waals surface area contributed by atoms with Crippen molar-refractivity contribution in [2.45, 2.75) is 12.8 Å². The number of ether oxygens (including phenoxy) is 1. The third kappa shape index (κ3) is 6.02. The van der Waals surface area contributed by atoms with Crippen LogP contribution in [0.4, 0.5) is 5.69 Å². The van der Waals surface area contributed by atoms with Crippen molar-refractivity contribution in [3.63, 3.8) is 0 Å². The van der Waals surface area contributed by atoms with E-state index in [1.165, 1.54) is 11.8 Å². The van der Waals surface area contributed by atoms with Gasteiger partial charge in [0.15, 0.2) is 12.4 Å². The number of hydrogen-bond acceptors (Lipinski definition) is 4. The molecule has 0 aliphatic heterocycles. The van der Waals surface area contributed by atoms with Gasteiger partial charge < -0.3 is 19.8 Å². The second kappa shape index (κ2) is 9.97. The van der Waals surface area contributed by atoms with Crippen LogP contribution >= 0.6 is 0 Å². The van der Waals surface area contributed by atoms with Crippen molar-refractivity contribution in [2.75, 3.05) is 18.5 Å². The summed E-state index contributed by atoms with van der Waals surface area (Å²) in [4.78, 5) is 23.8. The van der Waals surface area contributed by atoms with Crippen LogP contribution in [0.5, 0.6) is 5.75 Å². The number of anilines is 1. The molecule has 0 unspecified atom stereocenters. The normalized spacial score (nSPS) is 10.3. The summed E-state index contributed by atoms with van der Waals surface area (Å²) < 4.78 is 10.5. The smallest absolute Gasteiger partial charge is 0.291 e. The van der Waals surface area contributed by atoms with E-state index in [1.807, 2.05) is 18.2 Å². The summed E-state index contributed by atoms with van der Waals surface area (Å²) in [6, 6.07) is 20.2. The monoisotopic (exact) mass is 378 g/mol. The Morgan fingerprint density at radius 1 is 0.929 bits per heavy atom. The molecule has 2 aromatic carbocycles. The van der Waals surface area contributed by atoms with E-state index in [4.69, 9.17) is 9.15 Å². The van der Waals surface area contributed by atoms with Gasteiger partial charge in [0.05, 0.1) is 6.26 Å². The molecule has 28 heavy (non-hydrogen) atoms. The van der Waals surface area contributed by atoms with Crippen LogP contribution in [0.2, 0.25) is 0 Å². The molecule has 0 bridgehead atoms. The van der Waals surface area contributed by atoms with Gasteiger partial charge in [-0.25, -0.2) is 0 Å². The predicted octanol–water partition coefficient (Wildman–Crippen LogP) is 3.66. The first-order valence-corrected chi connectivity index (χ1v) is 9.09. The Balaban J connectivity index is 1.35. The highest BCUT2D eigenvalue weighted by Gasteiger charge is 2.08. The lowest BCUT2D eigenvalue weighted by Gasteiger charge is -2.09. The van der Waals surface area contributed by atoms with Gasteiger partial charge in [-0.1, -0.05) is 30.3 Å². The fourth-order valence-electron chi connectivity index (χ4n) is 2.60. The maximum atomic E-state index is 11.9. The van der Waals surface area contributed by atoms with E-state index in [1.54, 1.807) is 36.4 Å². The molecule has 1 aromatic heterocycles. The summed E-state index contributed by atoms with van der Waals surface area (Å²) in [5.41, 5.74) is 1.87. The number of furan rings is 1. The number of carbonyl (C=O) groups is 2. The Labute approximate surface area is 163 Å². The number of nitrogens with one attached hydrogen (secondary N) is 2. The molecule has 3 rings (SSSR count). The number of amides is 2. The van der Waals surface area contributed by atoms with E-state index >= 15 is 0 Å². The van der Waals surface area contributed by atoms with Crippen LogP contribution in [0.3, 0.4) is 0 Å². The molecule has 0 radical (unpaired) electrons. The van der Waals surface area contributed by atoms with E-state index in [0.717, 1.165) is 12.8 Å². The molecule has 3 aromatic rings. The maximum Gasteiger partial charge on any atom is 0.291 e. The second-order valence-electron chi connectivity index (χ2n) is 6.18. The van der Waals surface area contributed by atoms with Crippen LogP contribution in [0.1, 0.15) is 22.5 Å². The molecule has 2 amide bonds. The molecule has 0 saturated heterocycles. The number of rotatable bonds is 9. The van der Waals surface area contributed by atoms with Crippen LogP contribution in [0, 0.1) is 0 Å². The fourth-order valence-corrected chi connectivity index (χ4v) is 2.60. The lowest BCUT2D eigenvalue weighted by molar-refractivity contribution is -0.123. The predicted molar refractivity (Wildman–Crippen MR) is 106 cm³/mol. The zero-order valence-corrected chi connectivity index (χ0v) is 15.4. The van der Waals surface area contributed by atoms with Gasteiger partial charge in [-0.3, -0.25) is 9.59 Å². The van der Waals surface area contributed by atoms with Gasteiger partial charge in [-0.05, 0) is 54.8 Å². The van der Waals surface area contributed by atoms with Crippen molar-refractivity contribution in [3.05, 3.63) is 84.3 Å². The van der Waals surface area contributed by atoms with Gasteiger partial charge >= 0.3 is 0 Å². The van der Waals surface area contributed by atoms with Crippen molar-refractivity contribution in [3.8, 4) is 5.75 Å². The standard InChI is InChI=1S/C22H22N2O4/c25-21(23-14-4-8-17-6-2-1-3-7-17)16-28-19-12-10-18(11-13-19)24-22(26)20-9-5-15-27-20/h1-3,5-7,9-13,15H,4,8,14,16H2,(H,23,25)(H,24,26). The average molecular weight is 378 g/mol. The summed E-state index contributed by atoms with van der Waals surface area (Å²) in [5.74, 6) is 0.302. The zero-order chi connectivity index (χ0) is 19.6. The SMILES string of the molecule is O=C(COc1ccc(NC(=O)c2ccco2)cc1)NCCCc1ccccc1. The number of benzene rings is 2. The minimum absolute atomic E-state index is 0.0521. The summed E-state index contributed by atoms with van der Waals surface area (Å²) in [7, 11) is 0. The minimum atomic E-state index is -0.325. The molecule has 0 spiro atoms. The van der Waals surface area contributed by atoms with Crippen molar-refractivity contribution in [1.29, 1.82) is 0 Å². The molecule has 0 atom stereocenters. The third-order valence-corrected chi connectivity index (χ3v) is 4.03. The van der Waals surface area contributed by atoms with Gasteiger partial charge in [-0.2, -0.15) is 0 Å². The lowest BCUT2D eigenvalue weighted by Crippen LogP contribution is -2.29. The highest BCUT2D eigenvalue weighted by atomic mass is 16.5. The largest absolute Gasteiger partial charge is 0.484 e. The van der Waals surface area contributed by atoms with Crippen LogP contribution < -0.4 is 15.4 Å². The Hall–Kier alpha value is -3.54. The fraction of sp³-hybridized carbons (Fsp3) is 0.182. The number of carbonyl (C=O) groups excluding carboxylic acids is 2. The topological polar surface area (TPSA) is 80.6 Å². The first-order valence-electron chi connectivity index (χ1n) is 9.09. The van der Waals surface area contributed by atoms with Gasteiger partial charge in [0.25, 0.3) is 11.8 Å². The summed E-state index contributed by atoms with van der Waals surface area (Å²) in [6.45, 7) is 0.554. The molecule has 0 aliphatic rings. The minimum Gasteiger partial charge on any atom is -0.484 e. The molecule has 0 saturated carbocycles. The van der Waals surface area contributed by atoms with Crippen LogP contribution in [-0.2, 0) is 11.2 Å². The van der Waals surface area contributed by atoms with Crippen molar-refractivity contribution in [1.82, 2.24) is 5.32 Å². The van der Waals surface area contributed by atoms with E-state index in [0.29, 0.717) is 18.0 Å². The molecular weight excluding hydrogens is 356 g/mol. The molecule has 6 heteroatoms. The highest BCUT2D eigenvalue weighted by Crippen LogP contribution is 2.16. The quantitative estimate of drug-likeness (QED) is 0.557. The van der Waals surface area contributed by atoms with Gasteiger partial charge in [0.2, 0.25) is 0 Å². The van der Waals surface area contributed by atoms with Crippen LogP contribution in [0.25, 0.3) is 0 Å². The van der Waals surface area contributed by atoms with E-state index in [2.05, 4.69) is 22.8 Å². The summed E-state index contributed by atoms with van der Waals surface area (Å²) in [5, 5.41) is 5.56. The molecular formula is C22H22N2O4. The molecule has 6 nitrogen and oxygen atoms in total. The van der Waals surface area contributed by atoms with Gasteiger partial charge in [0.1, 0.15) is 5.75 Å². The second-order valence-corrected chi connectivity index (χ2v) is 6.18. The molecule has 0 aliphatic carbocycles. The molecule has 2 N–H and O–H groups in total. The van der Waals surface area contributed by atoms with E-state index in [9.17, 15) is 9.59 Å². The van der Waals surface area contributed by atoms with Crippen LogP contribution in [-0.4, -0.2) is 25.0 Å². The van der Waals surface area contributed by atoms with Crippen molar-refractivity contribution < 1.29 is 18.7 Å². The van der Waals surface area contributed by atoms with E-state index in [-0.39, 0.29) is 24.2 Å². The Morgan fingerprint density at radius 2 is 1.71 bits per heavy atom. The summed E-state index contributed by atoms with van der Waals surface area (Å²) >= 11 is 0. The zero-order valence-electron chi connectivity index (χ0n) is 15.4. The average Bonchev–Trinajstić information content (AvgIpc) is 3.27. The highest BCUT2D eigenvalue weighted by molar-refractivity contribution is 6.02. The molecule has 0 fully saturated rings. The van der Waals surface area contributed by atoms with E-state index < -0.39 is 0 Å². The van der Waals surface area contributed by atoms with Crippen LogP contribution in [0.15, 0.2) is 77.4 Å². The van der Waals surface area contributed by atoms with Gasteiger partial charge in [0, 0.05) is 12.2 Å². The number of aryl methyl sites for hydroxylation is 1. The Morgan fingerprint density at radius 3 is 2.43 bits per heavy atom. The first-order chi connectivity index (χ1) is 13.7. The van der Waals surface area contributed by atoms with Crippen molar-refractivity contribution in [2.24, 2.45) is 0 Å². The Kier molecular flexibility index (Phi) is 6.84. The summed E-state index contributed by atoms with van der Waals surface area (Å²) in [6.07, 6.45) is 3.24. The van der Waals surface area contributed by atoms with Crippen molar-refractivity contribution >= 4 is 17.5 Å². The molecule has 144 valence electrons. The maximum absolute atomic E-state index is 11.9. The number of hydrogen-bond donors (Lipinski definition) is 2.